The Balaban J connectivity index is 1.69. The molecular formula is C23H24F3N5O3. The third-order valence-corrected chi connectivity index (χ3v) is 4.96. The number of carbonyl (C=O) groups is 2. The summed E-state index contributed by atoms with van der Waals surface area (Å²) < 4.78 is 45.3. The second-order valence-corrected chi connectivity index (χ2v) is 7.92. The number of carbonyl (C=O) groups excluding carboxylic acids is 2. The molecule has 0 fully saturated rings. The lowest BCUT2D eigenvalue weighted by atomic mass is 10.1. The highest BCUT2D eigenvalue weighted by Gasteiger charge is 2.31. The van der Waals surface area contributed by atoms with Gasteiger partial charge in [0, 0.05) is 6.20 Å². The molecule has 3 aromatic rings. The van der Waals surface area contributed by atoms with Gasteiger partial charge in [0.25, 0.3) is 11.8 Å². The first-order valence-corrected chi connectivity index (χ1v) is 10.4. The van der Waals surface area contributed by atoms with E-state index in [0.717, 1.165) is 17.2 Å². The number of hydrogen-bond acceptors (Lipinski definition) is 5. The van der Waals surface area contributed by atoms with E-state index < -0.39 is 23.6 Å². The van der Waals surface area contributed by atoms with Crippen molar-refractivity contribution < 1.29 is 27.5 Å². The van der Waals surface area contributed by atoms with Gasteiger partial charge in [0.2, 0.25) is 0 Å². The molecule has 2 aromatic heterocycles. The number of aromatic nitrogens is 3. The number of nitrogens with one attached hydrogen (secondary N) is 2. The van der Waals surface area contributed by atoms with Crippen LogP contribution < -0.4 is 15.6 Å². The molecule has 0 saturated carbocycles. The lowest BCUT2D eigenvalue weighted by molar-refractivity contribution is -0.137. The van der Waals surface area contributed by atoms with Crippen LogP contribution in [0.25, 0.3) is 5.82 Å². The maximum absolute atomic E-state index is 12.8. The predicted octanol–water partition coefficient (Wildman–Crippen LogP) is 3.87. The van der Waals surface area contributed by atoms with Crippen LogP contribution in [0.2, 0.25) is 0 Å². The SMILES string of the molecule is Cc1cccc(C)c1OCC(=O)NNC(=O)c1cnn(-c2ccc(C(F)(F)F)cn2)c1C(C)C. The number of alkyl halides is 3. The van der Waals surface area contributed by atoms with Gasteiger partial charge in [0.1, 0.15) is 5.75 Å². The molecule has 0 aliphatic rings. The van der Waals surface area contributed by atoms with Crippen LogP contribution in [-0.4, -0.2) is 33.2 Å². The molecule has 0 radical (unpaired) electrons. The van der Waals surface area contributed by atoms with Gasteiger partial charge in [-0.2, -0.15) is 18.3 Å². The van der Waals surface area contributed by atoms with Crippen molar-refractivity contribution in [1.82, 2.24) is 25.6 Å². The minimum atomic E-state index is -4.51. The van der Waals surface area contributed by atoms with E-state index in [1.807, 2.05) is 32.0 Å². The van der Waals surface area contributed by atoms with Gasteiger partial charge in [-0.25, -0.2) is 9.67 Å². The Bertz CT molecular complexity index is 1170. The molecule has 2 amide bonds. The minimum absolute atomic E-state index is 0.127. The molecule has 11 heteroatoms. The van der Waals surface area contributed by atoms with Gasteiger partial charge in [-0.1, -0.05) is 32.0 Å². The first-order chi connectivity index (χ1) is 16.0. The number of benzene rings is 1. The Kier molecular flexibility index (Phi) is 7.23. The van der Waals surface area contributed by atoms with Gasteiger partial charge in [0.15, 0.2) is 12.4 Å². The molecule has 0 aliphatic carbocycles. The highest BCUT2D eigenvalue weighted by atomic mass is 19.4. The van der Waals surface area contributed by atoms with E-state index in [2.05, 4.69) is 20.9 Å². The van der Waals surface area contributed by atoms with Crippen molar-refractivity contribution in [1.29, 1.82) is 0 Å². The quantitative estimate of drug-likeness (QED) is 0.528. The first-order valence-electron chi connectivity index (χ1n) is 10.4. The van der Waals surface area contributed by atoms with E-state index in [9.17, 15) is 22.8 Å². The van der Waals surface area contributed by atoms with Gasteiger partial charge in [-0.05, 0) is 43.0 Å². The van der Waals surface area contributed by atoms with E-state index in [1.165, 1.54) is 16.9 Å². The topological polar surface area (TPSA) is 98.1 Å². The average Bonchev–Trinajstić information content (AvgIpc) is 3.22. The Hall–Kier alpha value is -3.89. The molecule has 1 aromatic carbocycles. The molecule has 0 saturated heterocycles. The fourth-order valence-corrected chi connectivity index (χ4v) is 3.34. The fourth-order valence-electron chi connectivity index (χ4n) is 3.34. The van der Waals surface area contributed by atoms with Crippen LogP contribution in [-0.2, 0) is 11.0 Å². The molecule has 3 rings (SSSR count). The lowest BCUT2D eigenvalue weighted by Gasteiger charge is -2.14. The van der Waals surface area contributed by atoms with Crippen molar-refractivity contribution in [2.24, 2.45) is 0 Å². The van der Waals surface area contributed by atoms with Crippen molar-refractivity contribution in [3.05, 3.63) is 70.7 Å². The summed E-state index contributed by atoms with van der Waals surface area (Å²) in [6, 6.07) is 7.67. The van der Waals surface area contributed by atoms with Gasteiger partial charge < -0.3 is 4.74 Å². The maximum Gasteiger partial charge on any atom is 0.417 e. The summed E-state index contributed by atoms with van der Waals surface area (Å²) >= 11 is 0. The number of amides is 2. The third kappa shape index (κ3) is 5.53. The number of ether oxygens (including phenoxy) is 1. The van der Waals surface area contributed by atoms with E-state index in [-0.39, 0.29) is 23.9 Å². The summed E-state index contributed by atoms with van der Waals surface area (Å²) in [6.45, 7) is 7.01. The predicted molar refractivity (Wildman–Crippen MR) is 117 cm³/mol. The fraction of sp³-hybridized carbons (Fsp3) is 0.304. The van der Waals surface area contributed by atoms with Gasteiger partial charge in [-0.15, -0.1) is 0 Å². The zero-order valence-electron chi connectivity index (χ0n) is 19.0. The molecule has 0 atom stereocenters. The zero-order valence-corrected chi connectivity index (χ0v) is 19.0. The van der Waals surface area contributed by atoms with Crippen LogP contribution in [0.1, 0.15) is 52.5 Å². The van der Waals surface area contributed by atoms with Gasteiger partial charge in [-0.3, -0.25) is 20.4 Å². The molecule has 0 aliphatic heterocycles. The number of halogens is 3. The van der Waals surface area contributed by atoms with Crippen LogP contribution in [0, 0.1) is 13.8 Å². The molecule has 8 nitrogen and oxygen atoms in total. The monoisotopic (exact) mass is 475 g/mol. The lowest BCUT2D eigenvalue weighted by Crippen LogP contribution is -2.44. The summed E-state index contributed by atoms with van der Waals surface area (Å²) in [5, 5.41) is 4.12. The van der Waals surface area contributed by atoms with Crippen molar-refractivity contribution in [3.63, 3.8) is 0 Å². The number of hydrogen-bond donors (Lipinski definition) is 2. The zero-order chi connectivity index (χ0) is 25.0. The minimum Gasteiger partial charge on any atom is -0.483 e. The summed E-state index contributed by atoms with van der Waals surface area (Å²) in [5.74, 6) is -0.713. The number of aryl methyl sites for hydroxylation is 2. The van der Waals surface area contributed by atoms with Crippen LogP contribution in [0.3, 0.4) is 0 Å². The van der Waals surface area contributed by atoms with Crippen LogP contribution in [0.5, 0.6) is 5.75 Å². The average molecular weight is 475 g/mol. The highest BCUT2D eigenvalue weighted by Crippen LogP contribution is 2.29. The largest absolute Gasteiger partial charge is 0.483 e. The molecule has 2 N–H and O–H groups in total. The Morgan fingerprint density at radius 3 is 2.29 bits per heavy atom. The van der Waals surface area contributed by atoms with Crippen molar-refractivity contribution in [3.8, 4) is 11.6 Å². The van der Waals surface area contributed by atoms with Crippen LogP contribution in [0.15, 0.2) is 42.7 Å². The molecular weight excluding hydrogens is 451 g/mol. The molecule has 34 heavy (non-hydrogen) atoms. The Labute approximate surface area is 194 Å². The standard InChI is InChI=1S/C23H24F3N5O3/c1-13(2)20-17(11-28-31(20)18-9-8-16(10-27-18)23(24,25)26)22(33)30-29-19(32)12-34-21-14(3)6-5-7-15(21)4/h5-11,13H,12H2,1-4H3,(H,29,32)(H,30,33). The highest BCUT2D eigenvalue weighted by molar-refractivity contribution is 5.96. The molecule has 0 unspecified atom stereocenters. The second-order valence-electron chi connectivity index (χ2n) is 7.92. The van der Waals surface area contributed by atoms with E-state index in [1.54, 1.807) is 13.8 Å². The smallest absolute Gasteiger partial charge is 0.417 e. The molecule has 0 spiro atoms. The maximum atomic E-state index is 12.8. The van der Waals surface area contributed by atoms with Crippen molar-refractivity contribution in [2.45, 2.75) is 39.8 Å². The normalized spacial score (nSPS) is 11.4. The number of pyridine rings is 1. The van der Waals surface area contributed by atoms with Crippen LogP contribution >= 0.6 is 0 Å². The summed E-state index contributed by atoms with van der Waals surface area (Å²) in [7, 11) is 0. The molecule has 2 heterocycles. The second kappa shape index (κ2) is 9.94. The molecule has 0 bridgehead atoms. The van der Waals surface area contributed by atoms with E-state index >= 15 is 0 Å². The number of nitrogens with zero attached hydrogens (tertiary/aromatic N) is 3. The molecule has 180 valence electrons. The Morgan fingerprint density at radius 1 is 1.06 bits per heavy atom. The summed E-state index contributed by atoms with van der Waals surface area (Å²) in [5.41, 5.74) is 6.03. The summed E-state index contributed by atoms with van der Waals surface area (Å²) in [4.78, 5) is 28.7. The van der Waals surface area contributed by atoms with E-state index in [0.29, 0.717) is 17.6 Å². The Morgan fingerprint density at radius 2 is 1.74 bits per heavy atom. The number of para-hydroxylation sites is 1. The van der Waals surface area contributed by atoms with Gasteiger partial charge >= 0.3 is 6.18 Å². The third-order valence-electron chi connectivity index (χ3n) is 4.96. The number of rotatable bonds is 6. The van der Waals surface area contributed by atoms with Crippen molar-refractivity contribution >= 4 is 11.8 Å². The van der Waals surface area contributed by atoms with E-state index in [4.69, 9.17) is 4.74 Å². The first kappa shape index (κ1) is 24.7. The van der Waals surface area contributed by atoms with Crippen molar-refractivity contribution in [2.75, 3.05) is 6.61 Å². The van der Waals surface area contributed by atoms with Gasteiger partial charge in [0.05, 0.1) is 23.0 Å². The number of hydrazine groups is 1. The summed E-state index contributed by atoms with van der Waals surface area (Å²) in [6.07, 6.45) is -2.54. The van der Waals surface area contributed by atoms with Crippen LogP contribution in [0.4, 0.5) is 13.2 Å².